The number of hydrogen-bond acceptors (Lipinski definition) is 4. The van der Waals surface area contributed by atoms with Crippen LogP contribution < -0.4 is 11.3 Å². The van der Waals surface area contributed by atoms with Crippen LogP contribution in [0.1, 0.15) is 5.56 Å². The van der Waals surface area contributed by atoms with Gasteiger partial charge >= 0.3 is 0 Å². The molecule has 0 amide bonds. The van der Waals surface area contributed by atoms with Gasteiger partial charge in [-0.05, 0) is 12.1 Å². The summed E-state index contributed by atoms with van der Waals surface area (Å²) in [5, 5.41) is 8.83. The molecule has 0 radical (unpaired) electrons. The maximum absolute atomic E-state index is 8.83. The van der Waals surface area contributed by atoms with Gasteiger partial charge in [-0.3, -0.25) is 0 Å². The zero-order valence-electron chi connectivity index (χ0n) is 8.51. The molecule has 1 heterocycles. The van der Waals surface area contributed by atoms with Crippen molar-refractivity contribution in [2.75, 3.05) is 5.43 Å². The quantitative estimate of drug-likeness (QED) is 0.586. The van der Waals surface area contributed by atoms with Crippen LogP contribution in [0.4, 0.5) is 5.82 Å². The van der Waals surface area contributed by atoms with E-state index in [1.54, 1.807) is 12.1 Å². The Morgan fingerprint density at radius 1 is 1.12 bits per heavy atom. The van der Waals surface area contributed by atoms with E-state index in [2.05, 4.69) is 10.4 Å². The van der Waals surface area contributed by atoms with Crippen LogP contribution in [0.25, 0.3) is 11.3 Å². The van der Waals surface area contributed by atoms with Crippen molar-refractivity contribution >= 4 is 5.82 Å². The number of benzene rings is 1. The number of hydrazine groups is 1. The highest BCUT2D eigenvalue weighted by Gasteiger charge is 2.05. The third kappa shape index (κ3) is 1.85. The Kier molecular flexibility index (Phi) is 2.81. The van der Waals surface area contributed by atoms with E-state index >= 15 is 0 Å². The molecule has 0 aliphatic heterocycles. The smallest absolute Gasteiger partial charge is 0.158 e. The number of anilines is 1. The highest BCUT2D eigenvalue weighted by atomic mass is 15.2. The molecule has 2 rings (SSSR count). The second-order valence-electron chi connectivity index (χ2n) is 3.21. The first-order chi connectivity index (χ1) is 7.85. The van der Waals surface area contributed by atoms with E-state index in [0.29, 0.717) is 11.4 Å². The van der Waals surface area contributed by atoms with Gasteiger partial charge in [0.15, 0.2) is 5.82 Å². The van der Waals surface area contributed by atoms with Gasteiger partial charge in [-0.1, -0.05) is 30.3 Å². The fourth-order valence-electron chi connectivity index (χ4n) is 1.43. The summed E-state index contributed by atoms with van der Waals surface area (Å²) in [6, 6.07) is 15.2. The Hall–Kier alpha value is -2.38. The van der Waals surface area contributed by atoms with Crippen LogP contribution in [0.5, 0.6) is 0 Å². The Morgan fingerprint density at radius 2 is 1.88 bits per heavy atom. The van der Waals surface area contributed by atoms with Gasteiger partial charge in [0, 0.05) is 5.56 Å². The fraction of sp³-hybridized carbons (Fsp3) is 0. The van der Waals surface area contributed by atoms with Crippen LogP contribution in [0.3, 0.4) is 0 Å². The van der Waals surface area contributed by atoms with E-state index < -0.39 is 0 Å². The second-order valence-corrected chi connectivity index (χ2v) is 3.21. The molecule has 0 fully saturated rings. The third-order valence-corrected chi connectivity index (χ3v) is 2.22. The molecule has 0 aliphatic carbocycles. The first-order valence-corrected chi connectivity index (χ1v) is 4.78. The molecule has 4 heteroatoms. The van der Waals surface area contributed by atoms with Crippen molar-refractivity contribution in [2.24, 2.45) is 5.84 Å². The molecule has 16 heavy (non-hydrogen) atoms. The summed E-state index contributed by atoms with van der Waals surface area (Å²) in [6.07, 6.45) is 0. The van der Waals surface area contributed by atoms with Crippen LogP contribution in [-0.4, -0.2) is 4.98 Å². The van der Waals surface area contributed by atoms with Crippen LogP contribution in [0, 0.1) is 11.3 Å². The number of nitriles is 1. The van der Waals surface area contributed by atoms with E-state index in [4.69, 9.17) is 11.1 Å². The SMILES string of the molecule is N#Cc1ccc(-c2ccccc2)nc1NN. The Labute approximate surface area is 93.3 Å². The van der Waals surface area contributed by atoms with Gasteiger partial charge in [-0.15, -0.1) is 0 Å². The van der Waals surface area contributed by atoms with Gasteiger partial charge in [0.1, 0.15) is 6.07 Å². The van der Waals surface area contributed by atoms with E-state index in [1.807, 2.05) is 36.4 Å². The Balaban J connectivity index is 2.49. The van der Waals surface area contributed by atoms with Crippen LogP contribution in [-0.2, 0) is 0 Å². The lowest BCUT2D eigenvalue weighted by Gasteiger charge is -2.05. The molecule has 2 aromatic rings. The minimum atomic E-state index is 0.392. The molecule has 4 nitrogen and oxygen atoms in total. The number of pyridine rings is 1. The molecule has 0 spiro atoms. The van der Waals surface area contributed by atoms with Crippen molar-refractivity contribution in [3.8, 4) is 17.3 Å². The lowest BCUT2D eigenvalue weighted by molar-refractivity contribution is 1.21. The van der Waals surface area contributed by atoms with E-state index in [9.17, 15) is 0 Å². The summed E-state index contributed by atoms with van der Waals surface area (Å²) in [7, 11) is 0. The monoisotopic (exact) mass is 210 g/mol. The summed E-state index contributed by atoms with van der Waals surface area (Å²) in [6.45, 7) is 0. The molecule has 0 saturated carbocycles. The van der Waals surface area contributed by atoms with E-state index in [1.165, 1.54) is 0 Å². The lowest BCUT2D eigenvalue weighted by atomic mass is 10.1. The summed E-state index contributed by atoms with van der Waals surface area (Å²) in [5.41, 5.74) is 4.63. The zero-order chi connectivity index (χ0) is 11.4. The van der Waals surface area contributed by atoms with Crippen molar-refractivity contribution in [1.82, 2.24) is 4.98 Å². The normalized spacial score (nSPS) is 9.50. The summed E-state index contributed by atoms with van der Waals surface area (Å²) < 4.78 is 0. The molecular weight excluding hydrogens is 200 g/mol. The highest BCUT2D eigenvalue weighted by Crippen LogP contribution is 2.20. The van der Waals surface area contributed by atoms with Gasteiger partial charge in [-0.25, -0.2) is 10.8 Å². The molecule has 0 atom stereocenters. The average Bonchev–Trinajstić information content (AvgIpc) is 2.39. The Bertz CT molecular complexity index is 528. The minimum Gasteiger partial charge on any atom is -0.307 e. The topological polar surface area (TPSA) is 74.7 Å². The number of nitrogens with two attached hydrogens (primary N) is 1. The largest absolute Gasteiger partial charge is 0.307 e. The predicted molar refractivity (Wildman–Crippen MR) is 62.2 cm³/mol. The maximum atomic E-state index is 8.83. The summed E-state index contributed by atoms with van der Waals surface area (Å²) in [4.78, 5) is 4.27. The van der Waals surface area contributed by atoms with Crippen molar-refractivity contribution in [3.05, 3.63) is 48.0 Å². The highest BCUT2D eigenvalue weighted by molar-refractivity contribution is 5.64. The van der Waals surface area contributed by atoms with Gasteiger partial charge in [-0.2, -0.15) is 5.26 Å². The second kappa shape index (κ2) is 4.43. The maximum Gasteiger partial charge on any atom is 0.158 e. The third-order valence-electron chi connectivity index (χ3n) is 2.22. The number of nitrogen functional groups attached to an aromatic ring is 1. The molecular formula is C12H10N4. The molecule has 0 aliphatic rings. The van der Waals surface area contributed by atoms with Crippen LogP contribution in [0.2, 0.25) is 0 Å². The molecule has 0 saturated heterocycles. The Morgan fingerprint density at radius 3 is 2.50 bits per heavy atom. The molecule has 0 unspecified atom stereocenters. The predicted octanol–water partition coefficient (Wildman–Crippen LogP) is 1.91. The van der Waals surface area contributed by atoms with Gasteiger partial charge < -0.3 is 5.43 Å². The van der Waals surface area contributed by atoms with Crippen molar-refractivity contribution in [2.45, 2.75) is 0 Å². The average molecular weight is 210 g/mol. The molecule has 1 aromatic heterocycles. The van der Waals surface area contributed by atoms with E-state index in [0.717, 1.165) is 11.3 Å². The number of hydrogen-bond donors (Lipinski definition) is 2. The lowest BCUT2D eigenvalue weighted by Crippen LogP contribution is -2.10. The van der Waals surface area contributed by atoms with Crippen molar-refractivity contribution < 1.29 is 0 Å². The van der Waals surface area contributed by atoms with Crippen LogP contribution in [0.15, 0.2) is 42.5 Å². The van der Waals surface area contributed by atoms with Gasteiger partial charge in [0.25, 0.3) is 0 Å². The first kappa shape index (κ1) is 10.1. The molecule has 0 bridgehead atoms. The summed E-state index contributed by atoms with van der Waals surface area (Å²) >= 11 is 0. The summed E-state index contributed by atoms with van der Waals surface area (Å²) in [5.74, 6) is 5.70. The molecule has 1 aromatic carbocycles. The zero-order valence-corrected chi connectivity index (χ0v) is 8.51. The van der Waals surface area contributed by atoms with Gasteiger partial charge in [0.05, 0.1) is 11.3 Å². The minimum absolute atomic E-state index is 0.392. The first-order valence-electron chi connectivity index (χ1n) is 4.78. The number of aromatic nitrogens is 1. The van der Waals surface area contributed by atoms with E-state index in [-0.39, 0.29) is 0 Å². The van der Waals surface area contributed by atoms with Crippen LogP contribution >= 0.6 is 0 Å². The van der Waals surface area contributed by atoms with Gasteiger partial charge in [0.2, 0.25) is 0 Å². The fourth-order valence-corrected chi connectivity index (χ4v) is 1.43. The standard InChI is InChI=1S/C12H10N4/c13-8-10-6-7-11(15-12(10)16-14)9-4-2-1-3-5-9/h1-7H,14H2,(H,15,16). The molecule has 3 N–H and O–H groups in total. The number of nitrogens with one attached hydrogen (secondary N) is 1. The van der Waals surface area contributed by atoms with Crippen molar-refractivity contribution in [1.29, 1.82) is 5.26 Å². The van der Waals surface area contributed by atoms with Crippen molar-refractivity contribution in [3.63, 3.8) is 0 Å². The molecule has 78 valence electrons. The number of rotatable bonds is 2. The number of nitrogens with zero attached hydrogens (tertiary/aromatic N) is 2.